The van der Waals surface area contributed by atoms with Crippen LogP contribution in [0.4, 0.5) is 0 Å². The molecular formula is C14H19NO4. The molecule has 0 fully saturated rings. The lowest BCUT2D eigenvalue weighted by Crippen LogP contribution is -2.34. The lowest BCUT2D eigenvalue weighted by atomic mass is 10.0. The van der Waals surface area contributed by atoms with Crippen molar-refractivity contribution < 1.29 is 19.4 Å². The van der Waals surface area contributed by atoms with E-state index in [0.717, 1.165) is 17.5 Å². The van der Waals surface area contributed by atoms with Crippen molar-refractivity contribution in [2.45, 2.75) is 12.8 Å². The SMILES string of the molecule is COc1cc2c(cc1OC)CC(=O)N(CCO)CC2. The monoisotopic (exact) mass is 265 g/mol. The molecule has 5 heteroatoms. The van der Waals surface area contributed by atoms with Crippen molar-refractivity contribution in [1.82, 2.24) is 4.90 Å². The van der Waals surface area contributed by atoms with Gasteiger partial charge in [-0.1, -0.05) is 0 Å². The van der Waals surface area contributed by atoms with Crippen molar-refractivity contribution in [2.24, 2.45) is 0 Å². The molecular weight excluding hydrogens is 246 g/mol. The van der Waals surface area contributed by atoms with E-state index in [9.17, 15) is 4.79 Å². The van der Waals surface area contributed by atoms with Gasteiger partial charge in [0.25, 0.3) is 0 Å². The smallest absolute Gasteiger partial charge is 0.227 e. The lowest BCUT2D eigenvalue weighted by Gasteiger charge is -2.18. The number of ether oxygens (including phenoxy) is 2. The molecule has 0 saturated carbocycles. The number of rotatable bonds is 4. The second kappa shape index (κ2) is 5.93. The highest BCUT2D eigenvalue weighted by Gasteiger charge is 2.22. The van der Waals surface area contributed by atoms with Crippen LogP contribution < -0.4 is 9.47 Å². The van der Waals surface area contributed by atoms with Gasteiger partial charge in [0.15, 0.2) is 11.5 Å². The Kier molecular flexibility index (Phi) is 4.27. The number of amides is 1. The van der Waals surface area contributed by atoms with Gasteiger partial charge in [-0.3, -0.25) is 4.79 Å². The molecule has 0 atom stereocenters. The van der Waals surface area contributed by atoms with Gasteiger partial charge in [-0.2, -0.15) is 0 Å². The van der Waals surface area contributed by atoms with Crippen LogP contribution in [0.1, 0.15) is 11.1 Å². The molecule has 1 aromatic rings. The fourth-order valence-corrected chi connectivity index (χ4v) is 2.37. The molecule has 0 aliphatic carbocycles. The number of carbonyl (C=O) groups is 1. The van der Waals surface area contributed by atoms with Gasteiger partial charge in [0.2, 0.25) is 5.91 Å². The number of methoxy groups -OCH3 is 2. The highest BCUT2D eigenvalue weighted by Crippen LogP contribution is 2.32. The highest BCUT2D eigenvalue weighted by atomic mass is 16.5. The minimum atomic E-state index is -0.00523. The predicted octanol–water partition coefficient (Wildman–Crippen LogP) is 0.623. The van der Waals surface area contributed by atoms with Crippen molar-refractivity contribution >= 4 is 5.91 Å². The number of aliphatic hydroxyl groups is 1. The number of carbonyl (C=O) groups excluding carboxylic acids is 1. The number of aliphatic hydroxyl groups excluding tert-OH is 1. The second-order valence-electron chi connectivity index (χ2n) is 4.51. The molecule has 0 spiro atoms. The average molecular weight is 265 g/mol. The summed E-state index contributed by atoms with van der Waals surface area (Å²) in [4.78, 5) is 13.8. The molecule has 1 aromatic carbocycles. The van der Waals surface area contributed by atoms with Crippen LogP contribution in [0.25, 0.3) is 0 Å². The van der Waals surface area contributed by atoms with E-state index in [0.29, 0.717) is 31.0 Å². The van der Waals surface area contributed by atoms with E-state index in [2.05, 4.69) is 0 Å². The zero-order valence-electron chi connectivity index (χ0n) is 11.3. The van der Waals surface area contributed by atoms with Gasteiger partial charge in [0.05, 0.1) is 27.2 Å². The van der Waals surface area contributed by atoms with Gasteiger partial charge >= 0.3 is 0 Å². The summed E-state index contributed by atoms with van der Waals surface area (Å²) in [5.41, 5.74) is 2.08. The van der Waals surface area contributed by atoms with Crippen LogP contribution >= 0.6 is 0 Å². The van der Waals surface area contributed by atoms with Crippen LogP contribution in [0.2, 0.25) is 0 Å². The van der Waals surface area contributed by atoms with Crippen LogP contribution in [0.3, 0.4) is 0 Å². The topological polar surface area (TPSA) is 59.0 Å². The van der Waals surface area contributed by atoms with E-state index in [1.807, 2.05) is 12.1 Å². The maximum Gasteiger partial charge on any atom is 0.227 e. The van der Waals surface area contributed by atoms with Gasteiger partial charge in [0.1, 0.15) is 0 Å². The van der Waals surface area contributed by atoms with Gasteiger partial charge in [-0.05, 0) is 29.7 Å². The van der Waals surface area contributed by atoms with Crippen molar-refractivity contribution in [3.05, 3.63) is 23.3 Å². The number of fused-ring (bicyclic) bond motifs is 1. The first-order valence-corrected chi connectivity index (χ1v) is 6.32. The molecule has 0 saturated heterocycles. The van der Waals surface area contributed by atoms with E-state index in [1.165, 1.54) is 0 Å². The summed E-state index contributed by atoms with van der Waals surface area (Å²) in [5, 5.41) is 8.98. The maximum atomic E-state index is 12.1. The van der Waals surface area contributed by atoms with E-state index in [1.54, 1.807) is 19.1 Å². The Labute approximate surface area is 112 Å². The zero-order chi connectivity index (χ0) is 13.8. The average Bonchev–Trinajstić information content (AvgIpc) is 2.57. The summed E-state index contributed by atoms with van der Waals surface area (Å²) in [6, 6.07) is 3.80. The Bertz CT molecular complexity index is 473. The molecule has 0 aromatic heterocycles. The summed E-state index contributed by atoms with van der Waals surface area (Å²) in [7, 11) is 3.19. The summed E-state index contributed by atoms with van der Waals surface area (Å²) >= 11 is 0. The summed E-state index contributed by atoms with van der Waals surface area (Å²) in [6.45, 7) is 1.01. The van der Waals surface area contributed by atoms with Crippen LogP contribution in [0, 0.1) is 0 Å². The first-order chi connectivity index (χ1) is 9.19. The largest absolute Gasteiger partial charge is 0.493 e. The molecule has 19 heavy (non-hydrogen) atoms. The number of benzene rings is 1. The standard InChI is InChI=1S/C14H19NO4/c1-18-12-7-10-3-4-15(5-6-16)14(17)9-11(10)8-13(12)19-2/h7-8,16H,3-6,9H2,1-2H3. The highest BCUT2D eigenvalue weighted by molar-refractivity contribution is 5.80. The van der Waals surface area contributed by atoms with Crippen molar-refractivity contribution in [3.8, 4) is 11.5 Å². The zero-order valence-corrected chi connectivity index (χ0v) is 11.3. The van der Waals surface area contributed by atoms with Gasteiger partial charge in [-0.15, -0.1) is 0 Å². The Morgan fingerprint density at radius 3 is 2.42 bits per heavy atom. The molecule has 1 N–H and O–H groups in total. The van der Waals surface area contributed by atoms with Crippen LogP contribution in [-0.4, -0.2) is 49.8 Å². The van der Waals surface area contributed by atoms with Gasteiger partial charge < -0.3 is 19.5 Å². The van der Waals surface area contributed by atoms with Gasteiger partial charge in [-0.25, -0.2) is 0 Å². The Balaban J connectivity index is 2.31. The Hall–Kier alpha value is -1.75. The predicted molar refractivity (Wildman–Crippen MR) is 70.6 cm³/mol. The van der Waals surface area contributed by atoms with Crippen LogP contribution in [0.15, 0.2) is 12.1 Å². The van der Waals surface area contributed by atoms with E-state index in [4.69, 9.17) is 14.6 Å². The third kappa shape index (κ3) is 2.81. The minimum absolute atomic E-state index is 0.00523. The lowest BCUT2D eigenvalue weighted by molar-refractivity contribution is -0.130. The molecule has 0 radical (unpaired) electrons. The van der Waals surface area contributed by atoms with Gasteiger partial charge in [0, 0.05) is 13.1 Å². The number of hydrogen-bond donors (Lipinski definition) is 1. The number of nitrogens with zero attached hydrogens (tertiary/aromatic N) is 1. The second-order valence-corrected chi connectivity index (χ2v) is 4.51. The molecule has 0 unspecified atom stereocenters. The first-order valence-electron chi connectivity index (χ1n) is 6.32. The van der Waals surface area contributed by atoms with E-state index < -0.39 is 0 Å². The van der Waals surface area contributed by atoms with Crippen LogP contribution in [-0.2, 0) is 17.6 Å². The number of hydrogen-bond acceptors (Lipinski definition) is 4. The fourth-order valence-electron chi connectivity index (χ4n) is 2.37. The fraction of sp³-hybridized carbons (Fsp3) is 0.500. The molecule has 1 amide bonds. The molecule has 1 aliphatic heterocycles. The summed E-state index contributed by atoms with van der Waals surface area (Å²) < 4.78 is 10.5. The number of β-amino-alcohol motifs (C(OH)–C–C–N with tert-alkyl or cyclic N) is 1. The molecule has 104 valence electrons. The van der Waals surface area contributed by atoms with Crippen molar-refractivity contribution in [1.29, 1.82) is 0 Å². The van der Waals surface area contributed by atoms with E-state index in [-0.39, 0.29) is 12.5 Å². The Morgan fingerprint density at radius 2 is 1.84 bits per heavy atom. The van der Waals surface area contributed by atoms with E-state index >= 15 is 0 Å². The quantitative estimate of drug-likeness (QED) is 0.867. The summed E-state index contributed by atoms with van der Waals surface area (Å²) in [5.74, 6) is 1.37. The molecule has 5 nitrogen and oxygen atoms in total. The van der Waals surface area contributed by atoms with Crippen molar-refractivity contribution in [2.75, 3.05) is 33.9 Å². The Morgan fingerprint density at radius 1 is 1.21 bits per heavy atom. The third-order valence-electron chi connectivity index (χ3n) is 3.42. The third-order valence-corrected chi connectivity index (χ3v) is 3.42. The molecule has 0 bridgehead atoms. The molecule has 1 heterocycles. The molecule has 1 aliphatic rings. The van der Waals surface area contributed by atoms with Crippen molar-refractivity contribution in [3.63, 3.8) is 0 Å². The summed E-state index contributed by atoms with van der Waals surface area (Å²) in [6.07, 6.45) is 1.11. The maximum absolute atomic E-state index is 12.1. The van der Waals surface area contributed by atoms with Crippen LogP contribution in [0.5, 0.6) is 11.5 Å². The first kappa shape index (κ1) is 13.7. The minimum Gasteiger partial charge on any atom is -0.493 e. The normalized spacial score (nSPS) is 14.9. The molecule has 2 rings (SSSR count).